The van der Waals surface area contributed by atoms with E-state index in [4.69, 9.17) is 4.74 Å². The number of ether oxygens (including phenoxy) is 1. The van der Waals surface area contributed by atoms with Crippen LogP contribution in [0, 0.1) is 5.92 Å². The van der Waals surface area contributed by atoms with Gasteiger partial charge in [0, 0.05) is 12.6 Å². The van der Waals surface area contributed by atoms with Gasteiger partial charge in [0.1, 0.15) is 5.75 Å². The standard InChI is InChI=1S/C18H29NO2/c1-13(2)21-17-9-7-16(8-10-17)18(20)12-19-11-5-6-14(3)15(19)4/h7-10,13-15,18,20H,5-6,11-12H2,1-4H3. The molecule has 0 amide bonds. The predicted molar refractivity (Wildman–Crippen MR) is 86.6 cm³/mol. The molecule has 0 saturated carbocycles. The quantitative estimate of drug-likeness (QED) is 0.899. The van der Waals surface area contributed by atoms with E-state index in [1.807, 2.05) is 38.1 Å². The van der Waals surface area contributed by atoms with Gasteiger partial charge in [0.2, 0.25) is 0 Å². The van der Waals surface area contributed by atoms with Gasteiger partial charge in [-0.05, 0) is 63.8 Å². The molecule has 3 atom stereocenters. The predicted octanol–water partition coefficient (Wildman–Crippen LogP) is 3.63. The zero-order valence-corrected chi connectivity index (χ0v) is 13.7. The maximum absolute atomic E-state index is 10.5. The molecule has 118 valence electrons. The van der Waals surface area contributed by atoms with E-state index in [0.29, 0.717) is 12.0 Å². The van der Waals surface area contributed by atoms with Crippen LogP contribution < -0.4 is 4.74 Å². The van der Waals surface area contributed by atoms with Gasteiger partial charge in [0.15, 0.2) is 0 Å². The van der Waals surface area contributed by atoms with Crippen molar-refractivity contribution in [3.63, 3.8) is 0 Å². The Morgan fingerprint density at radius 3 is 2.52 bits per heavy atom. The fourth-order valence-electron chi connectivity index (χ4n) is 3.05. The molecule has 0 aromatic heterocycles. The van der Waals surface area contributed by atoms with E-state index in [-0.39, 0.29) is 6.10 Å². The molecule has 1 aliphatic heterocycles. The van der Waals surface area contributed by atoms with E-state index in [1.165, 1.54) is 12.8 Å². The van der Waals surface area contributed by atoms with E-state index in [0.717, 1.165) is 24.4 Å². The van der Waals surface area contributed by atoms with Gasteiger partial charge in [-0.3, -0.25) is 4.90 Å². The summed E-state index contributed by atoms with van der Waals surface area (Å²) in [5, 5.41) is 10.5. The average molecular weight is 291 g/mol. The van der Waals surface area contributed by atoms with Gasteiger partial charge >= 0.3 is 0 Å². The van der Waals surface area contributed by atoms with Crippen molar-refractivity contribution in [2.24, 2.45) is 5.92 Å². The lowest BCUT2D eigenvalue weighted by Gasteiger charge is -2.39. The molecule has 1 saturated heterocycles. The number of aliphatic hydroxyl groups excluding tert-OH is 1. The first-order valence-corrected chi connectivity index (χ1v) is 8.16. The van der Waals surface area contributed by atoms with Crippen molar-refractivity contribution in [1.82, 2.24) is 4.90 Å². The van der Waals surface area contributed by atoms with Crippen LogP contribution in [0.1, 0.15) is 52.2 Å². The summed E-state index contributed by atoms with van der Waals surface area (Å²) >= 11 is 0. The molecule has 21 heavy (non-hydrogen) atoms. The molecule has 0 radical (unpaired) electrons. The molecule has 1 fully saturated rings. The highest BCUT2D eigenvalue weighted by Gasteiger charge is 2.26. The summed E-state index contributed by atoms with van der Waals surface area (Å²) in [7, 11) is 0. The summed E-state index contributed by atoms with van der Waals surface area (Å²) in [5.41, 5.74) is 0.969. The average Bonchev–Trinajstić information content (AvgIpc) is 2.44. The van der Waals surface area contributed by atoms with E-state index >= 15 is 0 Å². The lowest BCUT2D eigenvalue weighted by Crippen LogP contribution is -2.44. The molecule has 3 unspecified atom stereocenters. The summed E-state index contributed by atoms with van der Waals surface area (Å²) in [6.07, 6.45) is 2.29. The number of rotatable bonds is 5. The highest BCUT2D eigenvalue weighted by atomic mass is 16.5. The fourth-order valence-corrected chi connectivity index (χ4v) is 3.05. The number of β-amino-alcohol motifs (C(OH)–C–C–N with tert-alkyl or cyclic N) is 1. The summed E-state index contributed by atoms with van der Waals surface area (Å²) in [5.74, 6) is 1.58. The highest BCUT2D eigenvalue weighted by Crippen LogP contribution is 2.26. The number of nitrogens with zero attached hydrogens (tertiary/aromatic N) is 1. The van der Waals surface area contributed by atoms with Crippen LogP contribution in [-0.4, -0.2) is 35.2 Å². The Morgan fingerprint density at radius 1 is 1.24 bits per heavy atom. The van der Waals surface area contributed by atoms with Gasteiger partial charge in [-0.15, -0.1) is 0 Å². The summed E-state index contributed by atoms with van der Waals surface area (Å²) in [4.78, 5) is 2.41. The Kier molecular flexibility index (Phi) is 5.65. The van der Waals surface area contributed by atoms with Crippen LogP contribution >= 0.6 is 0 Å². The minimum atomic E-state index is -0.425. The van der Waals surface area contributed by atoms with Crippen molar-refractivity contribution in [3.8, 4) is 5.75 Å². The Labute approximate surface area is 128 Å². The van der Waals surface area contributed by atoms with Crippen molar-refractivity contribution in [2.45, 2.75) is 58.8 Å². The van der Waals surface area contributed by atoms with E-state index in [1.54, 1.807) is 0 Å². The fraction of sp³-hybridized carbons (Fsp3) is 0.667. The monoisotopic (exact) mass is 291 g/mol. The highest BCUT2D eigenvalue weighted by molar-refractivity contribution is 5.28. The molecule has 0 aliphatic carbocycles. The lowest BCUT2D eigenvalue weighted by molar-refractivity contribution is 0.0512. The Bertz CT molecular complexity index is 429. The van der Waals surface area contributed by atoms with E-state index < -0.39 is 6.10 Å². The van der Waals surface area contributed by atoms with Gasteiger partial charge in [-0.25, -0.2) is 0 Å². The third kappa shape index (κ3) is 4.45. The first-order valence-electron chi connectivity index (χ1n) is 8.16. The number of likely N-dealkylation sites (tertiary alicyclic amines) is 1. The number of aliphatic hydroxyl groups is 1. The second-order valence-corrected chi connectivity index (χ2v) is 6.61. The van der Waals surface area contributed by atoms with Gasteiger partial charge in [0.25, 0.3) is 0 Å². The van der Waals surface area contributed by atoms with Crippen molar-refractivity contribution in [1.29, 1.82) is 0 Å². The second kappa shape index (κ2) is 7.28. The van der Waals surface area contributed by atoms with Crippen molar-refractivity contribution in [2.75, 3.05) is 13.1 Å². The topological polar surface area (TPSA) is 32.7 Å². The summed E-state index contributed by atoms with van der Waals surface area (Å²) in [6.45, 7) is 10.4. The van der Waals surface area contributed by atoms with Gasteiger partial charge in [0.05, 0.1) is 12.2 Å². The SMILES string of the molecule is CC(C)Oc1ccc(C(O)CN2CCCC(C)C2C)cc1. The molecule has 0 bridgehead atoms. The minimum Gasteiger partial charge on any atom is -0.491 e. The molecule has 2 rings (SSSR count). The smallest absolute Gasteiger partial charge is 0.119 e. The molecule has 1 N–H and O–H groups in total. The van der Waals surface area contributed by atoms with Crippen LogP contribution in [0.25, 0.3) is 0 Å². The van der Waals surface area contributed by atoms with Crippen molar-refractivity contribution < 1.29 is 9.84 Å². The molecular weight excluding hydrogens is 262 g/mol. The van der Waals surface area contributed by atoms with Gasteiger partial charge in [-0.2, -0.15) is 0 Å². The molecule has 3 nitrogen and oxygen atoms in total. The third-order valence-corrected chi connectivity index (χ3v) is 4.55. The Hall–Kier alpha value is -1.06. The number of piperidine rings is 1. The van der Waals surface area contributed by atoms with Crippen LogP contribution in [-0.2, 0) is 0 Å². The zero-order valence-electron chi connectivity index (χ0n) is 13.7. The van der Waals surface area contributed by atoms with E-state index in [9.17, 15) is 5.11 Å². The first kappa shape index (κ1) is 16.3. The van der Waals surface area contributed by atoms with Crippen molar-refractivity contribution in [3.05, 3.63) is 29.8 Å². The Balaban J connectivity index is 1.95. The number of benzene rings is 1. The second-order valence-electron chi connectivity index (χ2n) is 6.61. The largest absolute Gasteiger partial charge is 0.491 e. The third-order valence-electron chi connectivity index (χ3n) is 4.55. The summed E-state index contributed by atoms with van der Waals surface area (Å²) in [6, 6.07) is 8.39. The maximum Gasteiger partial charge on any atom is 0.119 e. The van der Waals surface area contributed by atoms with Crippen LogP contribution in [0.4, 0.5) is 0 Å². The Morgan fingerprint density at radius 2 is 1.90 bits per heavy atom. The molecular formula is C18H29NO2. The van der Waals surface area contributed by atoms with Gasteiger partial charge in [-0.1, -0.05) is 19.1 Å². The molecule has 1 aromatic rings. The van der Waals surface area contributed by atoms with Crippen LogP contribution in [0.2, 0.25) is 0 Å². The maximum atomic E-state index is 10.5. The van der Waals surface area contributed by atoms with Gasteiger partial charge < -0.3 is 9.84 Å². The zero-order chi connectivity index (χ0) is 15.4. The van der Waals surface area contributed by atoms with E-state index in [2.05, 4.69) is 18.7 Å². The van der Waals surface area contributed by atoms with Crippen LogP contribution in [0.15, 0.2) is 24.3 Å². The number of hydrogen-bond donors (Lipinski definition) is 1. The van der Waals surface area contributed by atoms with Crippen LogP contribution in [0.3, 0.4) is 0 Å². The van der Waals surface area contributed by atoms with Crippen molar-refractivity contribution >= 4 is 0 Å². The summed E-state index contributed by atoms with van der Waals surface area (Å²) < 4.78 is 5.64. The molecule has 0 spiro atoms. The first-order chi connectivity index (χ1) is 9.97. The van der Waals surface area contributed by atoms with Crippen LogP contribution in [0.5, 0.6) is 5.75 Å². The molecule has 1 aliphatic rings. The lowest BCUT2D eigenvalue weighted by atomic mass is 9.91. The minimum absolute atomic E-state index is 0.177. The molecule has 3 heteroatoms. The number of hydrogen-bond acceptors (Lipinski definition) is 3. The normalized spacial score (nSPS) is 25.0. The molecule has 1 aromatic carbocycles. The molecule has 1 heterocycles.